The van der Waals surface area contributed by atoms with Gasteiger partial charge in [-0.1, -0.05) is 74.5 Å². The number of nitrogens with one attached hydrogen (secondary N) is 1. The zero-order valence-corrected chi connectivity index (χ0v) is 18.8. The number of hydrogen-bond donors (Lipinski definition) is 1. The molecule has 1 amide bonds. The van der Waals surface area contributed by atoms with Gasteiger partial charge in [0.05, 0.1) is 12.9 Å². The summed E-state index contributed by atoms with van der Waals surface area (Å²) in [6.07, 6.45) is 1.59. The summed E-state index contributed by atoms with van der Waals surface area (Å²) in [6.45, 7) is 4.88. The number of benzene rings is 2. The van der Waals surface area contributed by atoms with Crippen molar-refractivity contribution in [2.75, 3.05) is 0 Å². The Morgan fingerprint density at radius 1 is 0.939 bits per heavy atom. The molecule has 0 aliphatic carbocycles. The number of carbonyl (C=O) groups excluding carboxylic acids is 1. The third-order valence-corrected chi connectivity index (χ3v) is 5.36. The van der Waals surface area contributed by atoms with Crippen molar-refractivity contribution in [2.45, 2.75) is 40.0 Å². The SMILES string of the molecule is CC(C)Cn1cnc2c1c(=O)n(CC(=O)NCc1ccccc1)c(=O)n2Cc1ccccc1. The summed E-state index contributed by atoms with van der Waals surface area (Å²) in [5, 5.41) is 2.79. The first kappa shape index (κ1) is 22.3. The van der Waals surface area contributed by atoms with E-state index >= 15 is 0 Å². The van der Waals surface area contributed by atoms with Gasteiger partial charge in [0.25, 0.3) is 5.56 Å². The molecule has 1 N–H and O–H groups in total. The first-order valence-corrected chi connectivity index (χ1v) is 11.0. The highest BCUT2D eigenvalue weighted by molar-refractivity contribution is 5.76. The first-order valence-electron chi connectivity index (χ1n) is 11.0. The van der Waals surface area contributed by atoms with Gasteiger partial charge in [0.1, 0.15) is 6.54 Å². The molecule has 0 atom stereocenters. The number of fused-ring (bicyclic) bond motifs is 1. The topological polar surface area (TPSA) is 90.9 Å². The van der Waals surface area contributed by atoms with Crippen LogP contribution in [0.3, 0.4) is 0 Å². The molecule has 170 valence electrons. The molecule has 8 heteroatoms. The van der Waals surface area contributed by atoms with E-state index in [1.807, 2.05) is 74.5 Å². The van der Waals surface area contributed by atoms with Crippen LogP contribution in [-0.4, -0.2) is 24.6 Å². The summed E-state index contributed by atoms with van der Waals surface area (Å²) in [6, 6.07) is 19.0. The fourth-order valence-electron chi connectivity index (χ4n) is 3.81. The minimum absolute atomic E-state index is 0.251. The van der Waals surface area contributed by atoms with Crippen LogP contribution in [0.2, 0.25) is 0 Å². The highest BCUT2D eigenvalue weighted by Gasteiger charge is 2.20. The standard InChI is InChI=1S/C25H27N5O3/c1-18(2)14-28-17-27-23-22(28)24(32)30(16-21(31)26-13-19-9-5-3-6-10-19)25(33)29(23)15-20-11-7-4-8-12-20/h3-12,17-18H,13-16H2,1-2H3,(H,26,31). The zero-order valence-electron chi connectivity index (χ0n) is 18.8. The monoisotopic (exact) mass is 445 g/mol. The third kappa shape index (κ3) is 4.95. The van der Waals surface area contributed by atoms with Crippen LogP contribution in [0.25, 0.3) is 11.2 Å². The van der Waals surface area contributed by atoms with Crippen LogP contribution < -0.4 is 16.6 Å². The van der Waals surface area contributed by atoms with Gasteiger partial charge in [-0.3, -0.25) is 14.2 Å². The molecule has 8 nitrogen and oxygen atoms in total. The van der Waals surface area contributed by atoms with Crippen molar-refractivity contribution < 1.29 is 4.79 Å². The van der Waals surface area contributed by atoms with Gasteiger partial charge in [0.15, 0.2) is 11.2 Å². The van der Waals surface area contributed by atoms with Gasteiger partial charge in [-0.05, 0) is 17.0 Å². The lowest BCUT2D eigenvalue weighted by atomic mass is 10.2. The number of aromatic nitrogens is 4. The molecule has 2 aromatic heterocycles. The van der Waals surface area contributed by atoms with E-state index in [4.69, 9.17) is 0 Å². The lowest BCUT2D eigenvalue weighted by molar-refractivity contribution is -0.121. The normalized spacial score (nSPS) is 11.2. The smallest absolute Gasteiger partial charge is 0.333 e. The number of carbonyl (C=O) groups is 1. The van der Waals surface area contributed by atoms with E-state index in [0.717, 1.165) is 15.7 Å². The molecule has 0 aliphatic heterocycles. The van der Waals surface area contributed by atoms with Crippen LogP contribution >= 0.6 is 0 Å². The van der Waals surface area contributed by atoms with Crippen LogP contribution in [0.4, 0.5) is 0 Å². The molecule has 0 saturated carbocycles. The molecular formula is C25H27N5O3. The number of nitrogens with zero attached hydrogens (tertiary/aromatic N) is 4. The van der Waals surface area contributed by atoms with Crippen molar-refractivity contribution in [3.8, 4) is 0 Å². The average Bonchev–Trinajstić information content (AvgIpc) is 3.22. The Morgan fingerprint density at radius 3 is 2.21 bits per heavy atom. The van der Waals surface area contributed by atoms with Crippen LogP contribution in [0.15, 0.2) is 76.6 Å². The average molecular weight is 446 g/mol. The van der Waals surface area contributed by atoms with Crippen molar-refractivity contribution in [1.82, 2.24) is 24.0 Å². The van der Waals surface area contributed by atoms with Crippen LogP contribution in [0.1, 0.15) is 25.0 Å². The van der Waals surface area contributed by atoms with Crippen molar-refractivity contribution >= 4 is 17.1 Å². The molecule has 4 rings (SSSR count). The molecule has 2 aromatic carbocycles. The van der Waals surface area contributed by atoms with E-state index in [0.29, 0.717) is 24.3 Å². The zero-order chi connectivity index (χ0) is 23.4. The second kappa shape index (κ2) is 9.68. The van der Waals surface area contributed by atoms with Gasteiger partial charge >= 0.3 is 5.69 Å². The quantitative estimate of drug-likeness (QED) is 0.451. The fraction of sp³-hybridized carbons (Fsp3) is 0.280. The molecular weight excluding hydrogens is 418 g/mol. The summed E-state index contributed by atoms with van der Waals surface area (Å²) in [4.78, 5) is 43.7. The molecule has 0 radical (unpaired) electrons. The number of amides is 1. The highest BCUT2D eigenvalue weighted by atomic mass is 16.2. The Balaban J connectivity index is 1.73. The Morgan fingerprint density at radius 2 is 1.58 bits per heavy atom. The van der Waals surface area contributed by atoms with E-state index in [2.05, 4.69) is 10.3 Å². The van der Waals surface area contributed by atoms with Gasteiger partial charge in [-0.2, -0.15) is 0 Å². The van der Waals surface area contributed by atoms with Gasteiger partial charge < -0.3 is 9.88 Å². The molecule has 0 aliphatic rings. The van der Waals surface area contributed by atoms with Crippen molar-refractivity contribution in [3.05, 3.63) is 99.0 Å². The Labute approximate surface area is 191 Å². The second-order valence-corrected chi connectivity index (χ2v) is 8.47. The van der Waals surface area contributed by atoms with Gasteiger partial charge in [0, 0.05) is 13.1 Å². The summed E-state index contributed by atoms with van der Waals surface area (Å²) in [7, 11) is 0. The summed E-state index contributed by atoms with van der Waals surface area (Å²) >= 11 is 0. The number of imidazole rings is 1. The number of hydrogen-bond acceptors (Lipinski definition) is 4. The lowest BCUT2D eigenvalue weighted by Crippen LogP contribution is -2.44. The van der Waals surface area contributed by atoms with Crippen LogP contribution in [0, 0.1) is 5.92 Å². The minimum Gasteiger partial charge on any atom is -0.350 e. The third-order valence-electron chi connectivity index (χ3n) is 5.36. The maximum atomic E-state index is 13.3. The largest absolute Gasteiger partial charge is 0.350 e. The first-order chi connectivity index (χ1) is 15.9. The molecule has 0 saturated heterocycles. The predicted octanol–water partition coefficient (Wildman–Crippen LogP) is 2.38. The van der Waals surface area contributed by atoms with Crippen molar-refractivity contribution in [1.29, 1.82) is 0 Å². The van der Waals surface area contributed by atoms with Crippen molar-refractivity contribution in [2.24, 2.45) is 5.92 Å². The highest BCUT2D eigenvalue weighted by Crippen LogP contribution is 2.11. The van der Waals surface area contributed by atoms with Crippen molar-refractivity contribution in [3.63, 3.8) is 0 Å². The molecule has 33 heavy (non-hydrogen) atoms. The van der Waals surface area contributed by atoms with Crippen LogP contribution in [-0.2, 0) is 31.0 Å². The molecule has 0 bridgehead atoms. The van der Waals surface area contributed by atoms with E-state index in [-0.39, 0.29) is 19.0 Å². The van der Waals surface area contributed by atoms with Crippen LogP contribution in [0.5, 0.6) is 0 Å². The van der Waals surface area contributed by atoms with E-state index < -0.39 is 17.2 Å². The molecule has 4 aromatic rings. The Bertz CT molecular complexity index is 1370. The van der Waals surface area contributed by atoms with E-state index in [1.165, 1.54) is 4.57 Å². The second-order valence-electron chi connectivity index (χ2n) is 8.47. The Hall–Kier alpha value is -3.94. The summed E-state index contributed by atoms with van der Waals surface area (Å²) in [5.74, 6) is -0.127. The summed E-state index contributed by atoms with van der Waals surface area (Å²) in [5.41, 5.74) is 1.43. The van der Waals surface area contributed by atoms with Gasteiger partial charge in [0.2, 0.25) is 5.91 Å². The predicted molar refractivity (Wildman–Crippen MR) is 127 cm³/mol. The van der Waals surface area contributed by atoms with E-state index in [9.17, 15) is 14.4 Å². The van der Waals surface area contributed by atoms with Gasteiger partial charge in [-0.15, -0.1) is 0 Å². The molecule has 0 spiro atoms. The fourth-order valence-corrected chi connectivity index (χ4v) is 3.81. The van der Waals surface area contributed by atoms with Gasteiger partial charge in [-0.25, -0.2) is 14.3 Å². The molecule has 0 fully saturated rings. The van der Waals surface area contributed by atoms with E-state index in [1.54, 1.807) is 10.9 Å². The number of rotatable bonds is 8. The Kier molecular flexibility index (Phi) is 6.53. The molecule has 2 heterocycles. The maximum absolute atomic E-state index is 13.3. The molecule has 0 unspecified atom stereocenters. The maximum Gasteiger partial charge on any atom is 0.333 e. The minimum atomic E-state index is -0.555. The summed E-state index contributed by atoms with van der Waals surface area (Å²) < 4.78 is 4.24. The lowest BCUT2D eigenvalue weighted by Gasteiger charge is -2.13.